The second kappa shape index (κ2) is 7.29. The van der Waals surface area contributed by atoms with Gasteiger partial charge < -0.3 is 5.11 Å². The number of carbonyl (C=O) groups is 2. The lowest BCUT2D eigenvalue weighted by atomic mass is 10.2. The first-order valence-electron chi connectivity index (χ1n) is 5.61. The Labute approximate surface area is 105 Å². The van der Waals surface area contributed by atoms with Crippen molar-refractivity contribution in [1.82, 2.24) is 10.4 Å². The minimum atomic E-state index is -1.29. The number of nitrogens with one attached hydrogen (secondary N) is 1. The van der Waals surface area contributed by atoms with Crippen molar-refractivity contribution in [2.24, 2.45) is 0 Å². The van der Waals surface area contributed by atoms with Gasteiger partial charge in [-0.05, 0) is 12.0 Å². The Morgan fingerprint density at radius 3 is 2.56 bits per heavy atom. The molecule has 0 heterocycles. The topological polar surface area (TPSA) is 78.9 Å². The van der Waals surface area contributed by atoms with Crippen LogP contribution in [0, 0.1) is 0 Å². The molecule has 18 heavy (non-hydrogen) atoms. The fourth-order valence-electron chi connectivity index (χ4n) is 1.32. The molecule has 6 nitrogen and oxygen atoms in total. The summed E-state index contributed by atoms with van der Waals surface area (Å²) in [5.41, 5.74) is 2.99. The Morgan fingerprint density at radius 1 is 1.33 bits per heavy atom. The molecule has 0 aliphatic rings. The molecule has 0 bridgehead atoms. The Balaban J connectivity index is 2.38. The number of imide groups is 1. The molecule has 0 atom stereocenters. The van der Waals surface area contributed by atoms with Gasteiger partial charge in [0.2, 0.25) is 0 Å². The van der Waals surface area contributed by atoms with Crippen LogP contribution >= 0.6 is 0 Å². The highest BCUT2D eigenvalue weighted by atomic mass is 16.7. The number of rotatable bonds is 5. The normalized spacial score (nSPS) is 9.83. The highest BCUT2D eigenvalue weighted by molar-refractivity contribution is 5.89. The second-order valence-electron chi connectivity index (χ2n) is 3.62. The molecule has 1 aromatic rings. The molecule has 0 spiro atoms. The van der Waals surface area contributed by atoms with E-state index >= 15 is 0 Å². The Kier molecular flexibility index (Phi) is 5.66. The molecule has 0 aliphatic heterocycles. The van der Waals surface area contributed by atoms with Crippen molar-refractivity contribution in [3.8, 4) is 0 Å². The van der Waals surface area contributed by atoms with Gasteiger partial charge in [-0.15, -0.1) is 0 Å². The molecule has 0 saturated heterocycles. The minimum Gasteiger partial charge on any atom is -0.465 e. The predicted molar refractivity (Wildman–Crippen MR) is 64.8 cm³/mol. The SMILES string of the molecule is CCCN(C(=O)O)C(=O)NOCc1ccccc1. The maximum absolute atomic E-state index is 11.5. The molecule has 3 amide bonds. The number of carboxylic acid groups (broad SMARTS) is 1. The average molecular weight is 252 g/mol. The molecule has 0 saturated carbocycles. The van der Waals surface area contributed by atoms with E-state index in [1.54, 1.807) is 6.92 Å². The van der Waals surface area contributed by atoms with E-state index in [1.807, 2.05) is 30.3 Å². The summed E-state index contributed by atoms with van der Waals surface area (Å²) >= 11 is 0. The van der Waals surface area contributed by atoms with Crippen LogP contribution in [0.15, 0.2) is 30.3 Å². The summed E-state index contributed by atoms with van der Waals surface area (Å²) in [5, 5.41) is 8.80. The molecule has 2 N–H and O–H groups in total. The third kappa shape index (κ3) is 4.42. The maximum atomic E-state index is 11.5. The number of nitrogens with zero attached hydrogens (tertiary/aromatic N) is 1. The first-order chi connectivity index (χ1) is 8.65. The molecule has 0 radical (unpaired) electrons. The molecule has 0 aliphatic carbocycles. The van der Waals surface area contributed by atoms with Crippen molar-refractivity contribution in [3.05, 3.63) is 35.9 Å². The van der Waals surface area contributed by atoms with Gasteiger partial charge in [-0.25, -0.2) is 20.0 Å². The number of amides is 3. The summed E-state index contributed by atoms with van der Waals surface area (Å²) in [6, 6.07) is 8.47. The standard InChI is InChI=1S/C12H16N2O4/c1-2-8-14(12(16)17)11(15)13-18-9-10-6-4-3-5-7-10/h3-7H,2,8-9H2,1H3,(H,13,15)(H,16,17). The van der Waals surface area contributed by atoms with E-state index in [-0.39, 0.29) is 13.2 Å². The number of urea groups is 1. The molecular weight excluding hydrogens is 236 g/mol. The van der Waals surface area contributed by atoms with E-state index in [9.17, 15) is 9.59 Å². The third-order valence-electron chi connectivity index (χ3n) is 2.16. The Morgan fingerprint density at radius 2 is 2.00 bits per heavy atom. The van der Waals surface area contributed by atoms with Gasteiger partial charge >= 0.3 is 12.1 Å². The van der Waals surface area contributed by atoms with Gasteiger partial charge in [0.25, 0.3) is 0 Å². The van der Waals surface area contributed by atoms with E-state index in [0.29, 0.717) is 11.3 Å². The number of hydroxylamine groups is 1. The highest BCUT2D eigenvalue weighted by Gasteiger charge is 2.19. The Bertz CT molecular complexity index is 394. The van der Waals surface area contributed by atoms with Crippen molar-refractivity contribution in [2.75, 3.05) is 6.54 Å². The Hall–Kier alpha value is -2.08. The maximum Gasteiger partial charge on any atom is 0.415 e. The number of benzene rings is 1. The molecule has 0 fully saturated rings. The van der Waals surface area contributed by atoms with E-state index < -0.39 is 12.1 Å². The highest BCUT2D eigenvalue weighted by Crippen LogP contribution is 2.00. The summed E-state index contributed by atoms with van der Waals surface area (Å²) < 4.78 is 0. The van der Waals surface area contributed by atoms with Gasteiger partial charge in [-0.3, -0.25) is 4.84 Å². The van der Waals surface area contributed by atoms with E-state index in [0.717, 1.165) is 5.56 Å². The van der Waals surface area contributed by atoms with Gasteiger partial charge in [0.15, 0.2) is 0 Å². The lowest BCUT2D eigenvalue weighted by Gasteiger charge is -2.16. The summed E-state index contributed by atoms with van der Waals surface area (Å²) in [6.07, 6.45) is -0.740. The predicted octanol–water partition coefficient (Wildman–Crippen LogP) is 2.22. The zero-order chi connectivity index (χ0) is 13.4. The number of hydrogen-bond donors (Lipinski definition) is 2. The van der Waals surface area contributed by atoms with Crippen molar-refractivity contribution < 1.29 is 19.5 Å². The first kappa shape index (κ1) is 14.0. The molecule has 98 valence electrons. The van der Waals surface area contributed by atoms with Gasteiger partial charge in [-0.2, -0.15) is 0 Å². The van der Waals surface area contributed by atoms with Crippen LogP contribution in [0.5, 0.6) is 0 Å². The molecule has 1 aromatic carbocycles. The molecule has 1 rings (SSSR count). The van der Waals surface area contributed by atoms with E-state index in [4.69, 9.17) is 9.94 Å². The van der Waals surface area contributed by atoms with Crippen molar-refractivity contribution >= 4 is 12.1 Å². The number of hydrogen-bond acceptors (Lipinski definition) is 3. The van der Waals surface area contributed by atoms with Crippen LogP contribution in [-0.2, 0) is 11.4 Å². The summed E-state index contributed by atoms with van der Waals surface area (Å²) in [4.78, 5) is 27.9. The molecule has 6 heteroatoms. The lowest BCUT2D eigenvalue weighted by Crippen LogP contribution is -2.43. The fraction of sp³-hybridized carbons (Fsp3) is 0.333. The van der Waals surface area contributed by atoms with Crippen LogP contribution in [0.4, 0.5) is 9.59 Å². The van der Waals surface area contributed by atoms with Crippen LogP contribution in [0.25, 0.3) is 0 Å². The summed E-state index contributed by atoms with van der Waals surface area (Å²) in [7, 11) is 0. The largest absolute Gasteiger partial charge is 0.465 e. The zero-order valence-electron chi connectivity index (χ0n) is 10.1. The van der Waals surface area contributed by atoms with Crippen molar-refractivity contribution in [3.63, 3.8) is 0 Å². The van der Waals surface area contributed by atoms with Crippen molar-refractivity contribution in [1.29, 1.82) is 0 Å². The van der Waals surface area contributed by atoms with Crippen LogP contribution in [0.1, 0.15) is 18.9 Å². The van der Waals surface area contributed by atoms with Crippen LogP contribution in [0.2, 0.25) is 0 Å². The van der Waals surface area contributed by atoms with E-state index in [2.05, 4.69) is 5.48 Å². The van der Waals surface area contributed by atoms with Gasteiger partial charge in [0, 0.05) is 6.54 Å². The molecule has 0 aromatic heterocycles. The monoisotopic (exact) mass is 252 g/mol. The second-order valence-corrected chi connectivity index (χ2v) is 3.62. The first-order valence-corrected chi connectivity index (χ1v) is 5.61. The smallest absolute Gasteiger partial charge is 0.415 e. The fourth-order valence-corrected chi connectivity index (χ4v) is 1.32. The van der Waals surface area contributed by atoms with Crippen molar-refractivity contribution in [2.45, 2.75) is 20.0 Å². The summed E-state index contributed by atoms with van der Waals surface area (Å²) in [5.74, 6) is 0. The lowest BCUT2D eigenvalue weighted by molar-refractivity contribution is 0.0369. The van der Waals surface area contributed by atoms with Gasteiger partial charge in [0.1, 0.15) is 0 Å². The quantitative estimate of drug-likeness (QED) is 0.787. The third-order valence-corrected chi connectivity index (χ3v) is 2.16. The minimum absolute atomic E-state index is 0.135. The van der Waals surface area contributed by atoms with Gasteiger partial charge in [-0.1, -0.05) is 37.3 Å². The average Bonchev–Trinajstić information content (AvgIpc) is 2.36. The van der Waals surface area contributed by atoms with Crippen LogP contribution in [-0.4, -0.2) is 28.7 Å². The van der Waals surface area contributed by atoms with E-state index in [1.165, 1.54) is 0 Å². The molecule has 0 unspecified atom stereocenters. The number of carbonyl (C=O) groups excluding carboxylic acids is 1. The van der Waals surface area contributed by atoms with Crippen LogP contribution < -0.4 is 5.48 Å². The van der Waals surface area contributed by atoms with Crippen LogP contribution in [0.3, 0.4) is 0 Å². The zero-order valence-corrected chi connectivity index (χ0v) is 10.1. The summed E-state index contributed by atoms with van der Waals surface area (Å²) in [6.45, 7) is 2.11. The van der Waals surface area contributed by atoms with Gasteiger partial charge in [0.05, 0.1) is 6.61 Å². The molecular formula is C12H16N2O4.